The zero-order valence-corrected chi connectivity index (χ0v) is 12.6. The highest BCUT2D eigenvalue weighted by molar-refractivity contribution is 9.10. The third kappa shape index (κ3) is 4.36. The van der Waals surface area contributed by atoms with Crippen LogP contribution in [0.4, 0.5) is 5.95 Å². The van der Waals surface area contributed by atoms with Crippen LogP contribution in [0.3, 0.4) is 0 Å². The molecule has 0 aliphatic carbocycles. The molecule has 0 saturated carbocycles. The summed E-state index contributed by atoms with van der Waals surface area (Å²) in [7, 11) is 1.72. The maximum Gasteiger partial charge on any atom is 0.203 e. The molecule has 1 aromatic carbocycles. The predicted molar refractivity (Wildman–Crippen MR) is 80.2 cm³/mol. The van der Waals surface area contributed by atoms with Gasteiger partial charge in [0.05, 0.1) is 0 Å². The van der Waals surface area contributed by atoms with E-state index in [0.717, 1.165) is 36.5 Å². The summed E-state index contributed by atoms with van der Waals surface area (Å²) in [6.45, 7) is 2.45. The van der Waals surface area contributed by atoms with Gasteiger partial charge in [0.25, 0.3) is 0 Å². The first-order valence-corrected chi connectivity index (χ1v) is 7.07. The van der Waals surface area contributed by atoms with E-state index < -0.39 is 0 Å². The molecular weight excluding hydrogens is 306 g/mol. The topological polar surface area (TPSA) is 39.1 Å². The van der Waals surface area contributed by atoms with Gasteiger partial charge in [0.2, 0.25) is 5.95 Å². The number of hydrogen-bond acceptors (Lipinski definition) is 3. The van der Waals surface area contributed by atoms with Crippen LogP contribution in [0.1, 0.15) is 12.0 Å². The van der Waals surface area contributed by atoms with Gasteiger partial charge in [0.1, 0.15) is 0 Å². The molecule has 19 heavy (non-hydrogen) atoms. The van der Waals surface area contributed by atoms with E-state index in [1.807, 2.05) is 24.5 Å². The standard InChI is InChI=1S/C14H18BrN3O/c1-19-10-2-8-18-9-7-16-14(18)17-11-12-3-5-13(15)6-4-12/h3-7,9H,2,8,10-11H2,1H3,(H,16,17). The number of nitrogens with zero attached hydrogens (tertiary/aromatic N) is 2. The second-order valence-electron chi connectivity index (χ2n) is 4.27. The van der Waals surface area contributed by atoms with Gasteiger partial charge in [-0.05, 0) is 24.1 Å². The maximum atomic E-state index is 5.06. The fraction of sp³-hybridized carbons (Fsp3) is 0.357. The van der Waals surface area contributed by atoms with Crippen molar-refractivity contribution in [2.75, 3.05) is 19.0 Å². The largest absolute Gasteiger partial charge is 0.385 e. The predicted octanol–water partition coefficient (Wildman–Crippen LogP) is 3.29. The van der Waals surface area contributed by atoms with Crippen LogP contribution in [-0.4, -0.2) is 23.3 Å². The van der Waals surface area contributed by atoms with Crippen molar-refractivity contribution in [2.24, 2.45) is 0 Å². The Labute approximate surface area is 121 Å². The third-order valence-corrected chi connectivity index (χ3v) is 3.36. The van der Waals surface area contributed by atoms with Gasteiger partial charge >= 0.3 is 0 Å². The van der Waals surface area contributed by atoms with Gasteiger partial charge in [-0.1, -0.05) is 28.1 Å². The van der Waals surface area contributed by atoms with Crippen LogP contribution in [0.5, 0.6) is 0 Å². The van der Waals surface area contributed by atoms with E-state index in [1.54, 1.807) is 7.11 Å². The Morgan fingerprint density at radius 3 is 2.84 bits per heavy atom. The Balaban J connectivity index is 1.88. The monoisotopic (exact) mass is 323 g/mol. The number of nitrogens with one attached hydrogen (secondary N) is 1. The SMILES string of the molecule is COCCCn1ccnc1NCc1ccc(Br)cc1. The molecular formula is C14H18BrN3O. The van der Waals surface area contributed by atoms with Gasteiger partial charge < -0.3 is 14.6 Å². The number of benzene rings is 1. The van der Waals surface area contributed by atoms with E-state index in [1.165, 1.54) is 5.56 Å². The zero-order valence-electron chi connectivity index (χ0n) is 11.0. The number of halogens is 1. The van der Waals surface area contributed by atoms with E-state index >= 15 is 0 Å². The number of imidazole rings is 1. The Kier molecular flexibility index (Phi) is 5.42. The fourth-order valence-electron chi connectivity index (χ4n) is 1.82. The Bertz CT molecular complexity index is 496. The summed E-state index contributed by atoms with van der Waals surface area (Å²) < 4.78 is 8.27. The van der Waals surface area contributed by atoms with Gasteiger partial charge in [-0.2, -0.15) is 0 Å². The molecule has 0 amide bonds. The van der Waals surface area contributed by atoms with Crippen molar-refractivity contribution in [1.29, 1.82) is 0 Å². The minimum Gasteiger partial charge on any atom is -0.385 e. The van der Waals surface area contributed by atoms with Crippen LogP contribution in [-0.2, 0) is 17.8 Å². The lowest BCUT2D eigenvalue weighted by Crippen LogP contribution is -2.08. The molecule has 0 spiro atoms. The van der Waals surface area contributed by atoms with Crippen molar-refractivity contribution in [2.45, 2.75) is 19.5 Å². The summed E-state index contributed by atoms with van der Waals surface area (Å²) in [4.78, 5) is 4.33. The van der Waals surface area contributed by atoms with E-state index in [0.29, 0.717) is 0 Å². The molecule has 2 aromatic rings. The summed E-state index contributed by atoms with van der Waals surface area (Å²) in [5.41, 5.74) is 1.23. The van der Waals surface area contributed by atoms with Crippen molar-refractivity contribution in [3.63, 3.8) is 0 Å². The lowest BCUT2D eigenvalue weighted by molar-refractivity contribution is 0.190. The van der Waals surface area contributed by atoms with E-state index in [-0.39, 0.29) is 0 Å². The summed E-state index contributed by atoms with van der Waals surface area (Å²) in [5.74, 6) is 0.902. The van der Waals surface area contributed by atoms with Crippen LogP contribution >= 0.6 is 15.9 Å². The molecule has 0 aliphatic heterocycles. The minimum absolute atomic E-state index is 0.768. The second kappa shape index (κ2) is 7.31. The van der Waals surface area contributed by atoms with Crippen LogP contribution in [0.2, 0.25) is 0 Å². The average Bonchev–Trinajstić information content (AvgIpc) is 2.86. The van der Waals surface area contributed by atoms with Crippen molar-refractivity contribution >= 4 is 21.9 Å². The Hall–Kier alpha value is -1.33. The first-order chi connectivity index (χ1) is 9.29. The quantitative estimate of drug-likeness (QED) is 0.795. The fourth-order valence-corrected chi connectivity index (χ4v) is 2.08. The maximum absolute atomic E-state index is 5.06. The summed E-state index contributed by atoms with van der Waals surface area (Å²) in [6.07, 6.45) is 4.79. The highest BCUT2D eigenvalue weighted by Crippen LogP contribution is 2.12. The van der Waals surface area contributed by atoms with Gasteiger partial charge in [-0.3, -0.25) is 0 Å². The number of rotatable bonds is 7. The van der Waals surface area contributed by atoms with Crippen LogP contribution in [0.25, 0.3) is 0 Å². The van der Waals surface area contributed by atoms with Crippen LogP contribution in [0, 0.1) is 0 Å². The average molecular weight is 324 g/mol. The molecule has 0 bridgehead atoms. The smallest absolute Gasteiger partial charge is 0.203 e. The van der Waals surface area contributed by atoms with E-state index in [9.17, 15) is 0 Å². The number of aryl methyl sites for hydroxylation is 1. The van der Waals surface area contributed by atoms with Crippen molar-refractivity contribution < 1.29 is 4.74 Å². The van der Waals surface area contributed by atoms with Crippen LogP contribution < -0.4 is 5.32 Å². The molecule has 1 N–H and O–H groups in total. The molecule has 5 heteroatoms. The van der Waals surface area contributed by atoms with Gasteiger partial charge in [0, 0.05) is 43.7 Å². The molecule has 0 unspecified atom stereocenters. The molecule has 1 heterocycles. The molecule has 0 aliphatic rings. The number of ether oxygens (including phenoxy) is 1. The molecule has 0 atom stereocenters. The number of hydrogen-bond donors (Lipinski definition) is 1. The Morgan fingerprint density at radius 1 is 1.32 bits per heavy atom. The summed E-state index contributed by atoms with van der Waals surface area (Å²) in [6, 6.07) is 8.27. The lowest BCUT2D eigenvalue weighted by Gasteiger charge is -2.09. The number of aromatic nitrogens is 2. The number of methoxy groups -OCH3 is 1. The highest BCUT2D eigenvalue weighted by atomic mass is 79.9. The molecule has 1 aromatic heterocycles. The van der Waals surface area contributed by atoms with Crippen molar-refractivity contribution in [3.8, 4) is 0 Å². The molecule has 0 fully saturated rings. The normalized spacial score (nSPS) is 10.6. The zero-order chi connectivity index (χ0) is 13.5. The Morgan fingerprint density at radius 2 is 2.11 bits per heavy atom. The highest BCUT2D eigenvalue weighted by Gasteiger charge is 2.02. The van der Waals surface area contributed by atoms with Crippen LogP contribution in [0.15, 0.2) is 41.1 Å². The van der Waals surface area contributed by atoms with Gasteiger partial charge in [-0.25, -0.2) is 4.98 Å². The van der Waals surface area contributed by atoms with Crippen molar-refractivity contribution in [1.82, 2.24) is 9.55 Å². The lowest BCUT2D eigenvalue weighted by atomic mass is 10.2. The number of anilines is 1. The molecule has 2 rings (SSSR count). The molecule has 4 nitrogen and oxygen atoms in total. The first kappa shape index (κ1) is 14.1. The minimum atomic E-state index is 0.768. The van der Waals surface area contributed by atoms with Gasteiger partial charge in [0.15, 0.2) is 0 Å². The summed E-state index contributed by atoms with van der Waals surface area (Å²) in [5, 5.41) is 3.35. The molecule has 0 radical (unpaired) electrons. The third-order valence-electron chi connectivity index (χ3n) is 2.83. The molecule has 102 valence electrons. The van der Waals surface area contributed by atoms with Crippen molar-refractivity contribution in [3.05, 3.63) is 46.7 Å². The first-order valence-electron chi connectivity index (χ1n) is 6.28. The van der Waals surface area contributed by atoms with Gasteiger partial charge in [-0.15, -0.1) is 0 Å². The molecule has 0 saturated heterocycles. The second-order valence-corrected chi connectivity index (χ2v) is 5.19. The summed E-state index contributed by atoms with van der Waals surface area (Å²) >= 11 is 3.43. The van der Waals surface area contributed by atoms with E-state index in [2.05, 4.69) is 42.9 Å². The van der Waals surface area contributed by atoms with E-state index in [4.69, 9.17) is 4.74 Å².